The van der Waals surface area contributed by atoms with E-state index in [1.165, 1.54) is 0 Å². The summed E-state index contributed by atoms with van der Waals surface area (Å²) in [6, 6.07) is 0. The molecule has 0 spiro atoms. The minimum Gasteiger partial charge on any atom is -0.379 e. The van der Waals surface area contributed by atoms with Crippen LogP contribution in [0.25, 0.3) is 0 Å². The zero-order chi connectivity index (χ0) is 10.1. The Hall–Kier alpha value is -0.610. The van der Waals surface area contributed by atoms with Crippen LogP contribution < -0.4 is 10.6 Å². The summed E-state index contributed by atoms with van der Waals surface area (Å²) in [5, 5.41) is 15.6. The standard InChI is InChI=1S/C9H18N2O2/c1-8(2,3)11-7(12)9(13)4-5-10-6-9/h10,13H,4-6H2,1-3H3,(H,11,12). The summed E-state index contributed by atoms with van der Waals surface area (Å²) in [6.07, 6.45) is 0.495. The van der Waals surface area contributed by atoms with E-state index in [2.05, 4.69) is 10.6 Å². The van der Waals surface area contributed by atoms with Crippen molar-refractivity contribution in [3.63, 3.8) is 0 Å². The number of hydrogen-bond acceptors (Lipinski definition) is 3. The molecule has 0 saturated carbocycles. The van der Waals surface area contributed by atoms with E-state index in [0.29, 0.717) is 19.5 Å². The number of carbonyl (C=O) groups excluding carboxylic acids is 1. The predicted molar refractivity (Wildman–Crippen MR) is 50.3 cm³/mol. The van der Waals surface area contributed by atoms with Crippen LogP contribution in [0.2, 0.25) is 0 Å². The number of β-amino-alcohol motifs (C(OH)–C–C–N with tert-alkyl or cyclic N) is 1. The maximum absolute atomic E-state index is 11.6. The molecule has 1 unspecified atom stereocenters. The number of amides is 1. The monoisotopic (exact) mass is 186 g/mol. The molecule has 0 aromatic heterocycles. The van der Waals surface area contributed by atoms with E-state index < -0.39 is 5.60 Å². The van der Waals surface area contributed by atoms with Gasteiger partial charge in [-0.2, -0.15) is 0 Å². The van der Waals surface area contributed by atoms with Crippen LogP contribution in [0.1, 0.15) is 27.2 Å². The maximum atomic E-state index is 11.6. The molecule has 4 heteroatoms. The summed E-state index contributed by atoms with van der Waals surface area (Å²) in [7, 11) is 0. The van der Waals surface area contributed by atoms with Crippen LogP contribution in [0.15, 0.2) is 0 Å². The molecule has 13 heavy (non-hydrogen) atoms. The van der Waals surface area contributed by atoms with Gasteiger partial charge in [0.15, 0.2) is 5.60 Å². The summed E-state index contributed by atoms with van der Waals surface area (Å²) in [5.74, 6) is -0.273. The van der Waals surface area contributed by atoms with E-state index in [1.807, 2.05) is 20.8 Å². The number of nitrogens with one attached hydrogen (secondary N) is 2. The minimum atomic E-state index is -1.20. The van der Waals surface area contributed by atoms with Gasteiger partial charge in [0, 0.05) is 12.1 Å². The molecule has 76 valence electrons. The van der Waals surface area contributed by atoms with Gasteiger partial charge in [0.25, 0.3) is 5.91 Å². The Balaban J connectivity index is 2.57. The highest BCUT2D eigenvalue weighted by atomic mass is 16.3. The lowest BCUT2D eigenvalue weighted by Crippen LogP contribution is -2.54. The highest BCUT2D eigenvalue weighted by molar-refractivity contribution is 5.86. The number of carbonyl (C=O) groups is 1. The molecule has 1 atom stereocenters. The van der Waals surface area contributed by atoms with Gasteiger partial charge in [0.05, 0.1) is 0 Å². The van der Waals surface area contributed by atoms with Crippen molar-refractivity contribution in [3.05, 3.63) is 0 Å². The van der Waals surface area contributed by atoms with Gasteiger partial charge in [-0.15, -0.1) is 0 Å². The van der Waals surface area contributed by atoms with E-state index in [9.17, 15) is 9.90 Å². The van der Waals surface area contributed by atoms with Crippen LogP contribution >= 0.6 is 0 Å². The molecule has 0 aromatic rings. The largest absolute Gasteiger partial charge is 0.379 e. The second kappa shape index (κ2) is 3.27. The fourth-order valence-electron chi connectivity index (χ4n) is 1.33. The van der Waals surface area contributed by atoms with Crippen molar-refractivity contribution < 1.29 is 9.90 Å². The van der Waals surface area contributed by atoms with Crippen LogP contribution in [-0.2, 0) is 4.79 Å². The van der Waals surface area contributed by atoms with Gasteiger partial charge in [0.2, 0.25) is 0 Å². The Morgan fingerprint density at radius 2 is 2.15 bits per heavy atom. The SMILES string of the molecule is CC(C)(C)NC(=O)C1(O)CCNC1. The molecule has 1 aliphatic rings. The molecule has 0 radical (unpaired) electrons. The first kappa shape index (κ1) is 10.5. The summed E-state index contributed by atoms with van der Waals surface area (Å²) in [6.45, 7) is 6.76. The highest BCUT2D eigenvalue weighted by Gasteiger charge is 2.40. The van der Waals surface area contributed by atoms with Crippen LogP contribution in [0, 0.1) is 0 Å². The van der Waals surface area contributed by atoms with Gasteiger partial charge in [0.1, 0.15) is 0 Å². The molecular formula is C9H18N2O2. The van der Waals surface area contributed by atoms with Crippen molar-refractivity contribution in [1.29, 1.82) is 0 Å². The molecule has 1 amide bonds. The van der Waals surface area contributed by atoms with Crippen molar-refractivity contribution >= 4 is 5.91 Å². The van der Waals surface area contributed by atoms with Gasteiger partial charge < -0.3 is 15.7 Å². The molecule has 3 N–H and O–H groups in total. The van der Waals surface area contributed by atoms with Gasteiger partial charge >= 0.3 is 0 Å². The van der Waals surface area contributed by atoms with Gasteiger partial charge in [-0.05, 0) is 33.7 Å². The Kier molecular flexibility index (Phi) is 2.63. The molecule has 1 rings (SSSR count). The fraction of sp³-hybridized carbons (Fsp3) is 0.889. The van der Waals surface area contributed by atoms with E-state index >= 15 is 0 Å². The van der Waals surface area contributed by atoms with Crippen molar-refractivity contribution in [1.82, 2.24) is 10.6 Å². The van der Waals surface area contributed by atoms with E-state index in [4.69, 9.17) is 0 Å². The van der Waals surface area contributed by atoms with Crippen molar-refractivity contribution in [2.45, 2.75) is 38.3 Å². The van der Waals surface area contributed by atoms with Crippen LogP contribution in [0.5, 0.6) is 0 Å². The molecule has 1 saturated heterocycles. The lowest BCUT2D eigenvalue weighted by atomic mass is 10.00. The normalized spacial score (nSPS) is 28.9. The number of aliphatic hydroxyl groups is 1. The lowest BCUT2D eigenvalue weighted by molar-refractivity contribution is -0.139. The van der Waals surface area contributed by atoms with Gasteiger partial charge in [-0.1, -0.05) is 0 Å². The number of hydrogen-bond donors (Lipinski definition) is 3. The highest BCUT2D eigenvalue weighted by Crippen LogP contribution is 2.15. The minimum absolute atomic E-state index is 0.273. The van der Waals surface area contributed by atoms with E-state index in [1.54, 1.807) is 0 Å². The Bertz CT molecular complexity index is 202. The van der Waals surface area contributed by atoms with Crippen molar-refractivity contribution in [2.24, 2.45) is 0 Å². The third-order valence-corrected chi connectivity index (χ3v) is 2.04. The molecule has 4 nitrogen and oxygen atoms in total. The fourth-order valence-corrected chi connectivity index (χ4v) is 1.33. The first-order valence-corrected chi connectivity index (χ1v) is 4.59. The smallest absolute Gasteiger partial charge is 0.253 e. The Labute approximate surface area is 78.7 Å². The average molecular weight is 186 g/mol. The molecule has 1 heterocycles. The third-order valence-electron chi connectivity index (χ3n) is 2.04. The molecule has 0 aliphatic carbocycles. The summed E-state index contributed by atoms with van der Waals surface area (Å²) >= 11 is 0. The maximum Gasteiger partial charge on any atom is 0.253 e. The molecule has 0 bridgehead atoms. The zero-order valence-corrected chi connectivity index (χ0v) is 8.48. The lowest BCUT2D eigenvalue weighted by Gasteiger charge is -2.27. The first-order valence-electron chi connectivity index (χ1n) is 4.59. The third kappa shape index (κ3) is 2.67. The summed E-state index contributed by atoms with van der Waals surface area (Å²) in [4.78, 5) is 11.6. The molecule has 0 aromatic carbocycles. The van der Waals surface area contributed by atoms with E-state index in [0.717, 1.165) is 0 Å². The summed E-state index contributed by atoms with van der Waals surface area (Å²) in [5.41, 5.74) is -1.48. The van der Waals surface area contributed by atoms with Crippen molar-refractivity contribution in [2.75, 3.05) is 13.1 Å². The second-order valence-electron chi connectivity index (χ2n) is 4.66. The Morgan fingerprint density at radius 1 is 1.54 bits per heavy atom. The van der Waals surface area contributed by atoms with Crippen LogP contribution in [-0.4, -0.2) is 35.2 Å². The quantitative estimate of drug-likeness (QED) is 0.523. The predicted octanol–water partition coefficient (Wildman–Crippen LogP) is -0.374. The van der Waals surface area contributed by atoms with E-state index in [-0.39, 0.29) is 11.4 Å². The Morgan fingerprint density at radius 3 is 2.54 bits per heavy atom. The number of rotatable bonds is 1. The summed E-state index contributed by atoms with van der Waals surface area (Å²) < 4.78 is 0. The molecule has 1 fully saturated rings. The van der Waals surface area contributed by atoms with Gasteiger partial charge in [-0.3, -0.25) is 4.79 Å². The second-order valence-corrected chi connectivity index (χ2v) is 4.66. The average Bonchev–Trinajstić information content (AvgIpc) is 2.33. The first-order chi connectivity index (χ1) is 5.83. The topological polar surface area (TPSA) is 61.4 Å². The van der Waals surface area contributed by atoms with Gasteiger partial charge in [-0.25, -0.2) is 0 Å². The van der Waals surface area contributed by atoms with Crippen LogP contribution in [0.3, 0.4) is 0 Å². The van der Waals surface area contributed by atoms with Crippen molar-refractivity contribution in [3.8, 4) is 0 Å². The molecule has 1 aliphatic heterocycles. The molecular weight excluding hydrogens is 168 g/mol. The zero-order valence-electron chi connectivity index (χ0n) is 8.48. The van der Waals surface area contributed by atoms with Crippen LogP contribution in [0.4, 0.5) is 0 Å².